The number of hydrogen-bond acceptors (Lipinski definition) is 3. The Morgan fingerprint density at radius 2 is 2.40 bits per heavy atom. The van der Waals surface area contributed by atoms with Gasteiger partial charge in [-0.2, -0.15) is 17.0 Å². The molecule has 0 spiro atoms. The standard InChI is InChI=1S/C11H18N2OS/c1-4-7-15-8-6-13-10(14)11(3,5-2)9-12/h4H,1,5-8H2,2-3H3,(H,13,14). The normalized spacial score (nSPS) is 13.7. The summed E-state index contributed by atoms with van der Waals surface area (Å²) in [5.41, 5.74) is -0.886. The van der Waals surface area contributed by atoms with Crippen LogP contribution in [0.2, 0.25) is 0 Å². The van der Waals surface area contributed by atoms with E-state index in [2.05, 4.69) is 11.9 Å². The van der Waals surface area contributed by atoms with Gasteiger partial charge in [-0.15, -0.1) is 6.58 Å². The van der Waals surface area contributed by atoms with Crippen molar-refractivity contribution < 1.29 is 4.79 Å². The molecule has 1 unspecified atom stereocenters. The predicted octanol–water partition coefficient (Wildman–Crippen LogP) is 1.96. The van der Waals surface area contributed by atoms with Gasteiger partial charge in [-0.1, -0.05) is 13.0 Å². The number of hydrogen-bond donors (Lipinski definition) is 1. The fourth-order valence-electron chi connectivity index (χ4n) is 0.889. The highest BCUT2D eigenvalue weighted by molar-refractivity contribution is 7.99. The van der Waals surface area contributed by atoms with Gasteiger partial charge in [-0.3, -0.25) is 4.79 Å². The van der Waals surface area contributed by atoms with Gasteiger partial charge in [0, 0.05) is 18.1 Å². The molecule has 0 radical (unpaired) electrons. The fraction of sp³-hybridized carbons (Fsp3) is 0.636. The number of rotatable bonds is 7. The van der Waals surface area contributed by atoms with Gasteiger partial charge in [0.1, 0.15) is 5.41 Å². The minimum absolute atomic E-state index is 0.174. The molecule has 0 aliphatic heterocycles. The summed E-state index contributed by atoms with van der Waals surface area (Å²) in [5.74, 6) is 1.56. The van der Waals surface area contributed by atoms with Crippen molar-refractivity contribution in [2.75, 3.05) is 18.1 Å². The number of nitriles is 1. The Bertz CT molecular complexity index is 260. The molecular formula is C11H18N2OS. The van der Waals surface area contributed by atoms with E-state index in [9.17, 15) is 4.79 Å². The molecule has 0 saturated heterocycles. The lowest BCUT2D eigenvalue weighted by Gasteiger charge is -2.18. The van der Waals surface area contributed by atoms with Crippen molar-refractivity contribution in [2.45, 2.75) is 20.3 Å². The predicted molar refractivity (Wildman–Crippen MR) is 64.5 cm³/mol. The SMILES string of the molecule is C=CCSCCNC(=O)C(C)(C#N)CC. The summed E-state index contributed by atoms with van der Waals surface area (Å²) in [5, 5.41) is 11.6. The summed E-state index contributed by atoms with van der Waals surface area (Å²) in [6.07, 6.45) is 2.37. The van der Waals surface area contributed by atoms with Crippen LogP contribution in [0.4, 0.5) is 0 Å². The van der Waals surface area contributed by atoms with Crippen molar-refractivity contribution in [3.8, 4) is 6.07 Å². The van der Waals surface area contributed by atoms with E-state index in [1.807, 2.05) is 19.1 Å². The van der Waals surface area contributed by atoms with Crippen molar-refractivity contribution in [1.29, 1.82) is 5.26 Å². The molecular weight excluding hydrogens is 208 g/mol. The van der Waals surface area contributed by atoms with Crippen LogP contribution in [-0.4, -0.2) is 24.0 Å². The van der Waals surface area contributed by atoms with Crippen LogP contribution in [0.5, 0.6) is 0 Å². The number of nitrogens with one attached hydrogen (secondary N) is 1. The van der Waals surface area contributed by atoms with Gasteiger partial charge >= 0.3 is 0 Å². The molecule has 0 aromatic rings. The second-order valence-electron chi connectivity index (χ2n) is 3.42. The van der Waals surface area contributed by atoms with Crippen LogP contribution in [0.15, 0.2) is 12.7 Å². The summed E-state index contributed by atoms with van der Waals surface area (Å²) in [7, 11) is 0. The fourth-order valence-corrected chi connectivity index (χ4v) is 1.47. The van der Waals surface area contributed by atoms with Crippen LogP contribution >= 0.6 is 11.8 Å². The van der Waals surface area contributed by atoms with Gasteiger partial charge in [0.05, 0.1) is 6.07 Å². The quantitative estimate of drug-likeness (QED) is 0.533. The monoisotopic (exact) mass is 226 g/mol. The van der Waals surface area contributed by atoms with Crippen molar-refractivity contribution in [2.24, 2.45) is 5.41 Å². The van der Waals surface area contributed by atoms with E-state index in [1.165, 1.54) is 0 Å². The molecule has 3 nitrogen and oxygen atoms in total. The number of nitrogens with zero attached hydrogens (tertiary/aromatic N) is 1. The Balaban J connectivity index is 3.84. The number of thioether (sulfide) groups is 1. The van der Waals surface area contributed by atoms with Crippen LogP contribution in [-0.2, 0) is 4.79 Å². The lowest BCUT2D eigenvalue weighted by atomic mass is 9.88. The molecule has 84 valence electrons. The number of amides is 1. The highest BCUT2D eigenvalue weighted by Crippen LogP contribution is 2.19. The Morgan fingerprint density at radius 3 is 2.87 bits per heavy atom. The first kappa shape index (κ1) is 14.1. The average Bonchev–Trinajstić information content (AvgIpc) is 2.27. The zero-order valence-electron chi connectivity index (χ0n) is 9.38. The zero-order chi connectivity index (χ0) is 11.7. The Morgan fingerprint density at radius 1 is 1.73 bits per heavy atom. The third-order valence-electron chi connectivity index (χ3n) is 2.22. The molecule has 0 fully saturated rings. The van der Waals surface area contributed by atoms with Gasteiger partial charge in [0.2, 0.25) is 5.91 Å². The van der Waals surface area contributed by atoms with Crippen LogP contribution < -0.4 is 5.32 Å². The van der Waals surface area contributed by atoms with Crippen LogP contribution in [0.3, 0.4) is 0 Å². The molecule has 15 heavy (non-hydrogen) atoms. The Kier molecular flexibility index (Phi) is 6.89. The molecule has 1 atom stereocenters. The van der Waals surface area contributed by atoms with E-state index in [1.54, 1.807) is 18.7 Å². The summed E-state index contributed by atoms with van der Waals surface area (Å²) in [6, 6.07) is 2.04. The average molecular weight is 226 g/mol. The lowest BCUT2D eigenvalue weighted by Crippen LogP contribution is -2.38. The first-order chi connectivity index (χ1) is 7.10. The third kappa shape index (κ3) is 4.89. The molecule has 0 rings (SSSR count). The zero-order valence-corrected chi connectivity index (χ0v) is 10.2. The number of carbonyl (C=O) groups is 1. The van der Waals surface area contributed by atoms with Crippen LogP contribution in [0.1, 0.15) is 20.3 Å². The largest absolute Gasteiger partial charge is 0.354 e. The molecule has 1 N–H and O–H groups in total. The van der Waals surface area contributed by atoms with E-state index in [-0.39, 0.29) is 5.91 Å². The molecule has 0 heterocycles. The molecule has 0 bridgehead atoms. The third-order valence-corrected chi connectivity index (χ3v) is 3.19. The molecule has 0 aromatic carbocycles. The summed E-state index contributed by atoms with van der Waals surface area (Å²) < 4.78 is 0. The Hall–Kier alpha value is -0.950. The minimum atomic E-state index is -0.886. The summed E-state index contributed by atoms with van der Waals surface area (Å²) in [6.45, 7) is 7.72. The topological polar surface area (TPSA) is 52.9 Å². The second kappa shape index (κ2) is 7.36. The summed E-state index contributed by atoms with van der Waals surface area (Å²) >= 11 is 1.71. The molecule has 0 aliphatic rings. The van der Waals surface area contributed by atoms with Crippen molar-refractivity contribution in [3.05, 3.63) is 12.7 Å². The smallest absolute Gasteiger partial charge is 0.240 e. The molecule has 1 amide bonds. The van der Waals surface area contributed by atoms with E-state index < -0.39 is 5.41 Å². The minimum Gasteiger partial charge on any atom is -0.354 e. The number of carbonyl (C=O) groups excluding carboxylic acids is 1. The van der Waals surface area contributed by atoms with E-state index in [0.717, 1.165) is 11.5 Å². The molecule has 0 aromatic heterocycles. The maximum absolute atomic E-state index is 11.6. The van der Waals surface area contributed by atoms with E-state index in [0.29, 0.717) is 13.0 Å². The van der Waals surface area contributed by atoms with Crippen LogP contribution in [0, 0.1) is 16.7 Å². The summed E-state index contributed by atoms with van der Waals surface area (Å²) in [4.78, 5) is 11.6. The molecule has 0 saturated carbocycles. The highest BCUT2D eigenvalue weighted by atomic mass is 32.2. The van der Waals surface area contributed by atoms with Gasteiger partial charge in [-0.05, 0) is 13.3 Å². The first-order valence-electron chi connectivity index (χ1n) is 4.99. The van der Waals surface area contributed by atoms with Gasteiger partial charge < -0.3 is 5.32 Å². The van der Waals surface area contributed by atoms with E-state index >= 15 is 0 Å². The highest BCUT2D eigenvalue weighted by Gasteiger charge is 2.30. The Labute approximate surface area is 95.9 Å². The van der Waals surface area contributed by atoms with Crippen LogP contribution in [0.25, 0.3) is 0 Å². The molecule has 4 heteroatoms. The van der Waals surface area contributed by atoms with Gasteiger partial charge in [-0.25, -0.2) is 0 Å². The van der Waals surface area contributed by atoms with Gasteiger partial charge in [0.25, 0.3) is 0 Å². The molecule has 0 aliphatic carbocycles. The van der Waals surface area contributed by atoms with Gasteiger partial charge in [0.15, 0.2) is 0 Å². The van der Waals surface area contributed by atoms with Crippen molar-refractivity contribution in [1.82, 2.24) is 5.32 Å². The van der Waals surface area contributed by atoms with Crippen molar-refractivity contribution >= 4 is 17.7 Å². The second-order valence-corrected chi connectivity index (χ2v) is 4.57. The maximum atomic E-state index is 11.6. The van der Waals surface area contributed by atoms with Crippen molar-refractivity contribution in [3.63, 3.8) is 0 Å². The van der Waals surface area contributed by atoms with E-state index in [4.69, 9.17) is 5.26 Å². The maximum Gasteiger partial charge on any atom is 0.240 e. The first-order valence-corrected chi connectivity index (χ1v) is 6.14. The lowest BCUT2D eigenvalue weighted by molar-refractivity contribution is -0.127.